The van der Waals surface area contributed by atoms with Crippen molar-refractivity contribution >= 4 is 42.8 Å². The molecule has 0 bridgehead atoms. The summed E-state index contributed by atoms with van der Waals surface area (Å²) in [5.74, 6) is -2.79. The number of amides is 3. The first-order valence-electron chi connectivity index (χ1n) is 13.5. The second-order valence-electron chi connectivity index (χ2n) is 11.8. The summed E-state index contributed by atoms with van der Waals surface area (Å²) in [4.78, 5) is 46.0. The zero-order valence-corrected chi connectivity index (χ0v) is 25.1. The number of hydrogen-bond donors (Lipinski definition) is 2. The van der Waals surface area contributed by atoms with Gasteiger partial charge in [0.25, 0.3) is 11.8 Å². The zero-order valence-electron chi connectivity index (χ0n) is 24.1. The van der Waals surface area contributed by atoms with Gasteiger partial charge in [-0.2, -0.15) is 0 Å². The Morgan fingerprint density at radius 2 is 1.93 bits per heavy atom. The standard InChI is InChI=1S/C28H33F2N5O6Si/c1-33-7-6-28(26(33)37)23-18(10-16(29)11-22(23)40-2)25(36)35(28)14-17-12-20-21(13-19(30)24(31-20)32-27(38)39)34(17)15-41-8-9-42(3,4)5/h10-13H,6-9,14-15H2,1-5H3,(H,31,32)(H,38,39). The number of aromatic nitrogens is 2. The van der Waals surface area contributed by atoms with Crippen molar-refractivity contribution < 1.29 is 37.7 Å². The molecular weight excluding hydrogens is 568 g/mol. The maximum absolute atomic E-state index is 14.9. The normalized spacial score (nSPS) is 18.5. The van der Waals surface area contributed by atoms with E-state index in [9.17, 15) is 23.2 Å². The number of ether oxygens (including phenoxy) is 2. The molecular formula is C28H33F2N5O6Si. The minimum absolute atomic E-state index is 0.00389. The topological polar surface area (TPSA) is 126 Å². The van der Waals surface area contributed by atoms with E-state index in [0.29, 0.717) is 29.9 Å². The van der Waals surface area contributed by atoms with Crippen LogP contribution in [0.25, 0.3) is 11.0 Å². The number of nitrogens with one attached hydrogen (secondary N) is 1. The molecule has 0 radical (unpaired) electrons. The van der Waals surface area contributed by atoms with Crippen LogP contribution in [-0.2, 0) is 28.3 Å². The average Bonchev–Trinajstić information content (AvgIpc) is 3.47. The molecule has 3 aromatic rings. The molecule has 11 nitrogen and oxygen atoms in total. The fourth-order valence-corrected chi connectivity index (χ4v) is 6.47. The highest BCUT2D eigenvalue weighted by Gasteiger charge is 2.60. The van der Waals surface area contributed by atoms with Crippen LogP contribution in [0.15, 0.2) is 24.3 Å². The van der Waals surface area contributed by atoms with Crippen LogP contribution in [0.2, 0.25) is 25.7 Å². The SMILES string of the molecule is COc1cc(F)cc2c1C1(CCN(C)C1=O)N(Cc1cc3nc(NC(=O)O)c(F)cc3n1COCC[Si](C)(C)C)C2=O. The van der Waals surface area contributed by atoms with E-state index in [4.69, 9.17) is 14.6 Å². The van der Waals surface area contributed by atoms with Crippen LogP contribution in [0.5, 0.6) is 5.75 Å². The first-order chi connectivity index (χ1) is 19.8. The highest BCUT2D eigenvalue weighted by molar-refractivity contribution is 6.76. The van der Waals surface area contributed by atoms with Gasteiger partial charge in [-0.25, -0.2) is 18.6 Å². The number of carbonyl (C=O) groups excluding carboxylic acids is 2. The number of carboxylic acid groups (broad SMARTS) is 1. The molecule has 4 heterocycles. The summed E-state index contributed by atoms with van der Waals surface area (Å²) >= 11 is 0. The van der Waals surface area contributed by atoms with Gasteiger partial charge in [0, 0.05) is 58.1 Å². The fraction of sp³-hybridized carbons (Fsp3) is 0.429. The quantitative estimate of drug-likeness (QED) is 0.274. The molecule has 0 saturated carbocycles. The van der Waals surface area contributed by atoms with Crippen LogP contribution >= 0.6 is 0 Å². The van der Waals surface area contributed by atoms with Gasteiger partial charge in [-0.15, -0.1) is 0 Å². The van der Waals surface area contributed by atoms with Gasteiger partial charge < -0.3 is 28.9 Å². The van der Waals surface area contributed by atoms with Crippen molar-refractivity contribution in [2.45, 2.75) is 50.9 Å². The average molecular weight is 602 g/mol. The summed E-state index contributed by atoms with van der Waals surface area (Å²) in [5, 5.41) is 11.1. The Morgan fingerprint density at radius 3 is 2.55 bits per heavy atom. The lowest BCUT2D eigenvalue weighted by molar-refractivity contribution is -0.136. The first kappa shape index (κ1) is 29.4. The van der Waals surface area contributed by atoms with Crippen molar-refractivity contribution in [3.05, 3.63) is 52.7 Å². The molecule has 2 aliphatic heterocycles. The lowest BCUT2D eigenvalue weighted by Crippen LogP contribution is -2.49. The number of benzene rings is 1. The smallest absolute Gasteiger partial charge is 0.410 e. The molecule has 1 atom stereocenters. The molecule has 3 amide bonds. The van der Waals surface area contributed by atoms with Crippen LogP contribution in [0.3, 0.4) is 0 Å². The van der Waals surface area contributed by atoms with Gasteiger partial charge in [-0.3, -0.25) is 14.9 Å². The second kappa shape index (κ2) is 10.7. The van der Waals surface area contributed by atoms with Gasteiger partial charge in [-0.1, -0.05) is 19.6 Å². The molecule has 2 N–H and O–H groups in total. The Kier molecular flexibility index (Phi) is 7.47. The molecule has 14 heteroatoms. The van der Waals surface area contributed by atoms with Crippen molar-refractivity contribution in [3.8, 4) is 5.75 Å². The molecule has 42 heavy (non-hydrogen) atoms. The molecule has 1 unspecified atom stereocenters. The molecule has 5 rings (SSSR count). The largest absolute Gasteiger partial charge is 0.496 e. The van der Waals surface area contributed by atoms with Crippen molar-refractivity contribution in [2.24, 2.45) is 0 Å². The van der Waals surface area contributed by atoms with Crippen molar-refractivity contribution in [1.82, 2.24) is 19.4 Å². The van der Waals surface area contributed by atoms with Gasteiger partial charge in [-0.05, 0) is 18.2 Å². The summed E-state index contributed by atoms with van der Waals surface area (Å²) in [5.41, 5.74) is -0.0170. The van der Waals surface area contributed by atoms with Crippen LogP contribution < -0.4 is 10.1 Å². The highest BCUT2D eigenvalue weighted by atomic mass is 28.3. The number of methoxy groups -OCH3 is 1. The summed E-state index contributed by atoms with van der Waals surface area (Å²) in [6.45, 7) is 7.35. The Morgan fingerprint density at radius 1 is 1.19 bits per heavy atom. The Balaban J connectivity index is 1.61. The van der Waals surface area contributed by atoms with Crippen LogP contribution in [0, 0.1) is 11.6 Å². The minimum Gasteiger partial charge on any atom is -0.496 e. The summed E-state index contributed by atoms with van der Waals surface area (Å²) in [6, 6.07) is 5.92. The number of fused-ring (bicyclic) bond motifs is 3. The van der Waals surface area contributed by atoms with Crippen LogP contribution in [0.4, 0.5) is 19.4 Å². The van der Waals surface area contributed by atoms with Gasteiger partial charge >= 0.3 is 6.09 Å². The van der Waals surface area contributed by atoms with E-state index in [1.807, 2.05) is 5.32 Å². The Labute approximate surface area is 242 Å². The highest BCUT2D eigenvalue weighted by Crippen LogP contribution is 2.51. The third-order valence-electron chi connectivity index (χ3n) is 7.83. The van der Waals surface area contributed by atoms with E-state index < -0.39 is 43.1 Å². The van der Waals surface area contributed by atoms with Crippen LogP contribution in [-0.4, -0.2) is 77.7 Å². The molecule has 2 aromatic heterocycles. The maximum Gasteiger partial charge on any atom is 0.410 e. The van der Waals surface area contributed by atoms with E-state index in [2.05, 4.69) is 24.6 Å². The lowest BCUT2D eigenvalue weighted by Gasteiger charge is -2.34. The number of rotatable bonds is 9. The van der Waals surface area contributed by atoms with E-state index in [1.54, 1.807) is 17.7 Å². The molecule has 1 fully saturated rings. The summed E-state index contributed by atoms with van der Waals surface area (Å²) in [7, 11) is 1.59. The van der Waals surface area contributed by atoms with Crippen molar-refractivity contribution in [3.63, 3.8) is 0 Å². The number of anilines is 1. The molecule has 0 aliphatic carbocycles. The third-order valence-corrected chi connectivity index (χ3v) is 9.54. The summed E-state index contributed by atoms with van der Waals surface area (Å²) < 4.78 is 42.6. The van der Waals surface area contributed by atoms with Gasteiger partial charge in [0.2, 0.25) is 0 Å². The fourth-order valence-electron chi connectivity index (χ4n) is 5.71. The van der Waals surface area contributed by atoms with Gasteiger partial charge in [0.1, 0.15) is 18.3 Å². The third kappa shape index (κ3) is 4.98. The number of pyridine rings is 1. The molecule has 1 saturated heterocycles. The van der Waals surface area contributed by atoms with Crippen molar-refractivity contribution in [1.29, 1.82) is 0 Å². The number of nitrogens with zero attached hydrogens (tertiary/aromatic N) is 4. The molecule has 224 valence electrons. The molecule has 1 aromatic carbocycles. The zero-order chi connectivity index (χ0) is 30.6. The number of carbonyl (C=O) groups is 3. The second-order valence-corrected chi connectivity index (χ2v) is 17.4. The lowest BCUT2D eigenvalue weighted by atomic mass is 9.87. The molecule has 1 spiro atoms. The van der Waals surface area contributed by atoms with E-state index >= 15 is 0 Å². The van der Waals surface area contributed by atoms with E-state index in [1.165, 1.54) is 16.9 Å². The monoisotopic (exact) mass is 601 g/mol. The first-order valence-corrected chi connectivity index (χ1v) is 17.2. The van der Waals surface area contributed by atoms with E-state index in [-0.39, 0.29) is 42.4 Å². The van der Waals surface area contributed by atoms with E-state index in [0.717, 1.165) is 24.2 Å². The number of likely N-dealkylation sites (N-methyl/N-ethyl adjacent to an activating group) is 1. The van der Waals surface area contributed by atoms with Crippen LogP contribution in [0.1, 0.15) is 28.0 Å². The Hall–Kier alpha value is -4.04. The maximum atomic E-state index is 14.9. The number of hydrogen-bond acceptors (Lipinski definition) is 6. The minimum atomic E-state index is -1.47. The number of likely N-dealkylation sites (tertiary alicyclic amines) is 1. The summed E-state index contributed by atoms with van der Waals surface area (Å²) in [6.07, 6.45) is -1.21. The Bertz CT molecular complexity index is 1610. The molecule has 2 aliphatic rings. The number of halogens is 2. The van der Waals surface area contributed by atoms with Crippen molar-refractivity contribution in [2.75, 3.05) is 32.6 Å². The predicted molar refractivity (Wildman–Crippen MR) is 152 cm³/mol. The van der Waals surface area contributed by atoms with Gasteiger partial charge in [0.05, 0.1) is 30.3 Å². The predicted octanol–water partition coefficient (Wildman–Crippen LogP) is 4.44. The van der Waals surface area contributed by atoms with Gasteiger partial charge in [0.15, 0.2) is 17.2 Å².